The van der Waals surface area contributed by atoms with Gasteiger partial charge in [0.15, 0.2) is 0 Å². The van der Waals surface area contributed by atoms with Crippen LogP contribution in [-0.4, -0.2) is 53.6 Å². The third-order valence-electron chi connectivity index (χ3n) is 3.84. The van der Waals surface area contributed by atoms with Crippen LogP contribution in [0.3, 0.4) is 0 Å². The second-order valence-corrected chi connectivity index (χ2v) is 5.21. The second kappa shape index (κ2) is 5.83. The van der Waals surface area contributed by atoms with E-state index < -0.39 is 0 Å². The lowest BCUT2D eigenvalue weighted by molar-refractivity contribution is 0.0339. The first kappa shape index (κ1) is 14.0. The fraction of sp³-hybridized carbons (Fsp3) is 0.467. The molecule has 1 aliphatic rings. The maximum absolute atomic E-state index is 9.87. The highest BCUT2D eigenvalue weighted by atomic mass is 16.5. The van der Waals surface area contributed by atoms with Crippen molar-refractivity contribution in [3.8, 4) is 11.6 Å². The van der Waals surface area contributed by atoms with Crippen LogP contribution < -0.4 is 4.74 Å². The second-order valence-electron chi connectivity index (χ2n) is 5.21. The van der Waals surface area contributed by atoms with Crippen LogP contribution in [0.2, 0.25) is 0 Å². The molecule has 1 N–H and O–H groups in total. The van der Waals surface area contributed by atoms with Crippen LogP contribution in [-0.2, 0) is 11.3 Å². The Labute approximate surface area is 123 Å². The van der Waals surface area contributed by atoms with Gasteiger partial charge in [-0.2, -0.15) is 5.10 Å². The lowest BCUT2D eigenvalue weighted by atomic mass is 10.1. The van der Waals surface area contributed by atoms with Gasteiger partial charge in [0, 0.05) is 30.6 Å². The third-order valence-corrected chi connectivity index (χ3v) is 3.84. The molecule has 6 nitrogen and oxygen atoms in total. The maximum atomic E-state index is 9.87. The molecule has 3 rings (SSSR count). The Kier molecular flexibility index (Phi) is 3.90. The van der Waals surface area contributed by atoms with Crippen molar-refractivity contribution >= 4 is 10.8 Å². The van der Waals surface area contributed by atoms with Gasteiger partial charge in [-0.15, -0.1) is 5.10 Å². The molecular weight excluding hydrogens is 270 g/mol. The fourth-order valence-corrected chi connectivity index (χ4v) is 2.65. The summed E-state index contributed by atoms with van der Waals surface area (Å²) in [4.78, 5) is 2.33. The maximum Gasteiger partial charge on any atom is 0.239 e. The molecule has 0 saturated carbocycles. The molecule has 0 bridgehead atoms. The Morgan fingerprint density at radius 1 is 1.24 bits per heavy atom. The van der Waals surface area contributed by atoms with Crippen molar-refractivity contribution in [2.24, 2.45) is 0 Å². The molecule has 6 heteroatoms. The Morgan fingerprint density at radius 2 is 2.00 bits per heavy atom. The molecule has 0 aliphatic carbocycles. The molecule has 21 heavy (non-hydrogen) atoms. The van der Waals surface area contributed by atoms with E-state index in [4.69, 9.17) is 9.47 Å². The molecule has 1 aromatic heterocycles. The Hall–Kier alpha value is -1.92. The van der Waals surface area contributed by atoms with E-state index in [-0.39, 0.29) is 5.88 Å². The van der Waals surface area contributed by atoms with Crippen LogP contribution in [0.5, 0.6) is 11.6 Å². The predicted molar refractivity (Wildman–Crippen MR) is 78.6 cm³/mol. The van der Waals surface area contributed by atoms with E-state index in [0.29, 0.717) is 5.39 Å². The normalized spacial score (nSPS) is 16.3. The van der Waals surface area contributed by atoms with E-state index in [2.05, 4.69) is 15.1 Å². The van der Waals surface area contributed by atoms with Gasteiger partial charge in [-0.3, -0.25) is 4.90 Å². The highest BCUT2D eigenvalue weighted by Gasteiger charge is 2.16. The number of ether oxygens (including phenoxy) is 2. The van der Waals surface area contributed by atoms with Crippen LogP contribution in [0, 0.1) is 6.92 Å². The summed E-state index contributed by atoms with van der Waals surface area (Å²) in [6.45, 7) is 6.05. The number of hydrogen-bond acceptors (Lipinski definition) is 6. The highest BCUT2D eigenvalue weighted by molar-refractivity contribution is 5.90. The molecule has 0 unspecified atom stereocenters. The van der Waals surface area contributed by atoms with Crippen molar-refractivity contribution in [2.45, 2.75) is 13.5 Å². The molecule has 1 aliphatic heterocycles. The fourth-order valence-electron chi connectivity index (χ4n) is 2.65. The smallest absolute Gasteiger partial charge is 0.239 e. The molecular formula is C15H19N3O3. The van der Waals surface area contributed by atoms with Crippen molar-refractivity contribution < 1.29 is 14.6 Å². The number of aryl methyl sites for hydroxylation is 1. The van der Waals surface area contributed by atoms with E-state index in [1.54, 1.807) is 7.11 Å². The topological polar surface area (TPSA) is 67.7 Å². The van der Waals surface area contributed by atoms with Gasteiger partial charge in [0.1, 0.15) is 5.75 Å². The van der Waals surface area contributed by atoms with Gasteiger partial charge in [-0.25, -0.2) is 0 Å². The van der Waals surface area contributed by atoms with E-state index >= 15 is 0 Å². The van der Waals surface area contributed by atoms with Gasteiger partial charge < -0.3 is 14.6 Å². The average molecular weight is 289 g/mol. The summed E-state index contributed by atoms with van der Waals surface area (Å²) < 4.78 is 10.8. The van der Waals surface area contributed by atoms with E-state index in [1.807, 2.05) is 19.1 Å². The van der Waals surface area contributed by atoms with Gasteiger partial charge in [0.2, 0.25) is 5.88 Å². The van der Waals surface area contributed by atoms with Gasteiger partial charge in [-0.1, -0.05) is 0 Å². The van der Waals surface area contributed by atoms with Crippen LogP contribution >= 0.6 is 0 Å². The first-order valence-corrected chi connectivity index (χ1v) is 7.02. The molecule has 1 aromatic carbocycles. The number of morpholine rings is 1. The first-order valence-electron chi connectivity index (χ1n) is 7.02. The number of hydrogen-bond donors (Lipinski definition) is 1. The molecule has 0 radical (unpaired) electrons. The molecule has 1 fully saturated rings. The number of aromatic hydroxyl groups is 1. The van der Waals surface area contributed by atoms with Gasteiger partial charge in [0.05, 0.1) is 31.4 Å². The number of methoxy groups -OCH3 is 1. The minimum Gasteiger partial charge on any atom is -0.496 e. The molecule has 1 saturated heterocycles. The summed E-state index contributed by atoms with van der Waals surface area (Å²) in [5, 5.41) is 19.2. The van der Waals surface area contributed by atoms with Gasteiger partial charge >= 0.3 is 0 Å². The van der Waals surface area contributed by atoms with Gasteiger partial charge in [0.25, 0.3) is 0 Å². The molecule has 0 spiro atoms. The SMILES string of the molecule is COc1cc2c(O)nnc(C)c2cc1CN1CCOCC1. The largest absolute Gasteiger partial charge is 0.496 e. The standard InChI is InChI=1S/C15H19N3O3/c1-10-12-7-11(9-18-3-5-21-6-4-18)14(20-2)8-13(12)15(19)17-16-10/h7-8H,3-6,9H2,1-2H3,(H,17,19). The number of rotatable bonds is 3. The van der Waals surface area contributed by atoms with Crippen molar-refractivity contribution in [3.63, 3.8) is 0 Å². The minimum atomic E-state index is -0.0631. The molecule has 112 valence electrons. The highest BCUT2D eigenvalue weighted by Crippen LogP contribution is 2.31. The quantitative estimate of drug-likeness (QED) is 0.923. The number of benzene rings is 1. The number of nitrogens with zero attached hydrogens (tertiary/aromatic N) is 3. The lowest BCUT2D eigenvalue weighted by Crippen LogP contribution is -2.35. The molecule has 2 heterocycles. The van der Waals surface area contributed by atoms with Crippen molar-refractivity contribution in [3.05, 3.63) is 23.4 Å². The Morgan fingerprint density at radius 3 is 2.71 bits per heavy atom. The van der Waals surface area contributed by atoms with Crippen molar-refractivity contribution in [2.75, 3.05) is 33.4 Å². The summed E-state index contributed by atoms with van der Waals surface area (Å²) >= 11 is 0. The summed E-state index contributed by atoms with van der Waals surface area (Å²) in [5.74, 6) is 0.698. The molecule has 0 atom stereocenters. The van der Waals surface area contributed by atoms with Crippen LogP contribution in [0.15, 0.2) is 12.1 Å². The predicted octanol–water partition coefficient (Wildman–Crippen LogP) is 1.48. The Balaban J connectivity index is 2.02. The van der Waals surface area contributed by atoms with Crippen LogP contribution in [0.25, 0.3) is 10.8 Å². The van der Waals surface area contributed by atoms with E-state index in [9.17, 15) is 5.11 Å². The van der Waals surface area contributed by atoms with Crippen molar-refractivity contribution in [1.29, 1.82) is 0 Å². The van der Waals surface area contributed by atoms with Crippen molar-refractivity contribution in [1.82, 2.24) is 15.1 Å². The van der Waals surface area contributed by atoms with Gasteiger partial charge in [-0.05, 0) is 19.1 Å². The van der Waals surface area contributed by atoms with Crippen LogP contribution in [0.4, 0.5) is 0 Å². The monoisotopic (exact) mass is 289 g/mol. The number of fused-ring (bicyclic) bond motifs is 1. The molecule has 0 amide bonds. The summed E-state index contributed by atoms with van der Waals surface area (Å²) in [6, 6.07) is 3.87. The van der Waals surface area contributed by atoms with Crippen LogP contribution in [0.1, 0.15) is 11.3 Å². The zero-order valence-corrected chi connectivity index (χ0v) is 12.3. The average Bonchev–Trinajstić information content (AvgIpc) is 2.52. The Bertz CT molecular complexity index is 654. The van der Waals surface area contributed by atoms with E-state index in [0.717, 1.165) is 55.2 Å². The zero-order valence-electron chi connectivity index (χ0n) is 12.3. The third kappa shape index (κ3) is 2.77. The molecule has 2 aromatic rings. The minimum absolute atomic E-state index is 0.0631. The summed E-state index contributed by atoms with van der Waals surface area (Å²) in [5.41, 5.74) is 1.89. The van der Waals surface area contributed by atoms with E-state index in [1.165, 1.54) is 0 Å². The summed E-state index contributed by atoms with van der Waals surface area (Å²) in [7, 11) is 1.64. The lowest BCUT2D eigenvalue weighted by Gasteiger charge is -2.27. The number of aromatic nitrogens is 2. The first-order chi connectivity index (χ1) is 10.2. The summed E-state index contributed by atoms with van der Waals surface area (Å²) in [6.07, 6.45) is 0. The zero-order chi connectivity index (χ0) is 14.8.